The van der Waals surface area contributed by atoms with Crippen molar-refractivity contribution in [2.24, 2.45) is 0 Å². The van der Waals surface area contributed by atoms with Gasteiger partial charge in [0, 0.05) is 12.1 Å². The molecule has 0 unspecified atom stereocenters. The lowest BCUT2D eigenvalue weighted by atomic mass is 10.0. The lowest BCUT2D eigenvalue weighted by Crippen LogP contribution is -2.33. The second-order valence-electron chi connectivity index (χ2n) is 6.87. The summed E-state index contributed by atoms with van der Waals surface area (Å²) in [6, 6.07) is 11.7. The molecule has 4 nitrogen and oxygen atoms in total. The van der Waals surface area contributed by atoms with Gasteiger partial charge in [-0.3, -0.25) is 9.69 Å². The fourth-order valence-corrected chi connectivity index (χ4v) is 3.94. The number of carbonyl (C=O) groups is 1. The average Bonchev–Trinajstić information content (AvgIpc) is 2.97. The van der Waals surface area contributed by atoms with Gasteiger partial charge in [0.15, 0.2) is 17.3 Å². The van der Waals surface area contributed by atoms with Crippen LogP contribution in [0.3, 0.4) is 0 Å². The third kappa shape index (κ3) is 3.10. The van der Waals surface area contributed by atoms with Gasteiger partial charge in [-0.2, -0.15) is 0 Å². The molecule has 0 amide bonds. The summed E-state index contributed by atoms with van der Waals surface area (Å²) in [6.45, 7) is 6.22. The van der Waals surface area contributed by atoms with Crippen molar-refractivity contribution in [1.29, 1.82) is 0 Å². The van der Waals surface area contributed by atoms with Gasteiger partial charge in [-0.25, -0.2) is 0 Å². The molecule has 1 fully saturated rings. The van der Waals surface area contributed by atoms with Gasteiger partial charge >= 0.3 is 0 Å². The molecule has 2 aromatic rings. The summed E-state index contributed by atoms with van der Waals surface area (Å²) in [6.07, 6.45) is 3.85. The molecule has 136 valence electrons. The molecule has 1 heterocycles. The summed E-state index contributed by atoms with van der Waals surface area (Å²) in [5, 5.41) is 0. The van der Waals surface area contributed by atoms with E-state index in [1.165, 1.54) is 19.3 Å². The van der Waals surface area contributed by atoms with E-state index >= 15 is 0 Å². The third-order valence-corrected chi connectivity index (χ3v) is 5.21. The molecule has 0 atom stereocenters. The summed E-state index contributed by atoms with van der Waals surface area (Å²) in [5.41, 5.74) is 3.33. The molecule has 0 N–H and O–H groups in total. The smallest absolute Gasteiger partial charge is 0.198 e. The van der Waals surface area contributed by atoms with Crippen LogP contribution in [0.15, 0.2) is 36.4 Å². The molecule has 2 aliphatic rings. The summed E-state index contributed by atoms with van der Waals surface area (Å²) < 4.78 is 11.9. The first-order chi connectivity index (χ1) is 12.8. The van der Waals surface area contributed by atoms with E-state index in [0.29, 0.717) is 30.3 Å². The monoisotopic (exact) mass is 351 g/mol. The fourth-order valence-electron chi connectivity index (χ4n) is 3.94. The molecule has 4 rings (SSSR count). The molecule has 1 aliphatic heterocycles. The van der Waals surface area contributed by atoms with Crippen LogP contribution in [0.4, 0.5) is 0 Å². The maximum Gasteiger partial charge on any atom is 0.198 e. The first-order valence-electron chi connectivity index (χ1n) is 9.58. The van der Waals surface area contributed by atoms with Crippen LogP contribution in [0.1, 0.15) is 42.1 Å². The highest BCUT2D eigenvalue weighted by atomic mass is 16.5. The first-order valence-corrected chi connectivity index (χ1v) is 9.58. The van der Waals surface area contributed by atoms with Crippen LogP contribution in [0.2, 0.25) is 0 Å². The van der Waals surface area contributed by atoms with Gasteiger partial charge in [0.25, 0.3) is 0 Å². The first kappa shape index (κ1) is 17.1. The number of ether oxygens (including phenoxy) is 2. The van der Waals surface area contributed by atoms with E-state index in [1.54, 1.807) is 0 Å². The van der Waals surface area contributed by atoms with Crippen LogP contribution in [0, 0.1) is 0 Å². The molecule has 0 saturated carbocycles. The van der Waals surface area contributed by atoms with Crippen LogP contribution in [0.5, 0.6) is 11.5 Å². The molecule has 0 aromatic heterocycles. The minimum absolute atomic E-state index is 0.0325. The van der Waals surface area contributed by atoms with E-state index in [-0.39, 0.29) is 5.78 Å². The topological polar surface area (TPSA) is 38.8 Å². The molecule has 4 heteroatoms. The van der Waals surface area contributed by atoms with E-state index < -0.39 is 0 Å². The van der Waals surface area contributed by atoms with Crippen molar-refractivity contribution >= 4 is 5.78 Å². The summed E-state index contributed by atoms with van der Waals surface area (Å²) >= 11 is 0. The van der Waals surface area contributed by atoms with Crippen LogP contribution in [-0.4, -0.2) is 43.5 Å². The number of hydrogen-bond acceptors (Lipinski definition) is 4. The van der Waals surface area contributed by atoms with Gasteiger partial charge in [-0.05, 0) is 56.1 Å². The van der Waals surface area contributed by atoms with Crippen LogP contribution in [-0.2, 0) is 0 Å². The Labute approximate surface area is 154 Å². The Balaban J connectivity index is 1.61. The van der Waals surface area contributed by atoms with Crippen molar-refractivity contribution in [2.75, 3.05) is 32.8 Å². The molecule has 1 saturated heterocycles. The second-order valence-corrected chi connectivity index (χ2v) is 6.87. The Morgan fingerprint density at radius 1 is 0.923 bits per heavy atom. The fraction of sp³-hybridized carbons (Fsp3) is 0.409. The zero-order valence-electron chi connectivity index (χ0n) is 15.3. The molecular formula is C22H25NO3. The predicted molar refractivity (Wildman–Crippen MR) is 102 cm³/mol. The zero-order chi connectivity index (χ0) is 17.9. The minimum Gasteiger partial charge on any atom is -0.490 e. The number of carbonyl (C=O) groups excluding carboxylic acids is 1. The minimum atomic E-state index is 0.0325. The molecule has 2 aromatic carbocycles. The van der Waals surface area contributed by atoms with E-state index in [0.717, 1.165) is 36.3 Å². The lowest BCUT2D eigenvalue weighted by molar-refractivity contribution is 0.103. The van der Waals surface area contributed by atoms with Crippen LogP contribution >= 0.6 is 0 Å². The summed E-state index contributed by atoms with van der Waals surface area (Å²) in [5.74, 6) is 1.29. The molecule has 0 spiro atoms. The van der Waals surface area contributed by atoms with E-state index in [9.17, 15) is 4.79 Å². The van der Waals surface area contributed by atoms with Gasteiger partial charge in [0.05, 0.1) is 12.2 Å². The summed E-state index contributed by atoms with van der Waals surface area (Å²) in [4.78, 5) is 15.4. The quantitative estimate of drug-likeness (QED) is 0.668. The Bertz CT molecular complexity index is 809. The SMILES string of the molecule is CCOc1ccc2c(c1OCCN1CCCCC1)C(=O)c1ccccc1-2. The van der Waals surface area contributed by atoms with Crippen LogP contribution in [0.25, 0.3) is 11.1 Å². The molecule has 0 bridgehead atoms. The van der Waals surface area contributed by atoms with Crippen molar-refractivity contribution in [1.82, 2.24) is 4.90 Å². The number of ketones is 1. The molecule has 26 heavy (non-hydrogen) atoms. The largest absolute Gasteiger partial charge is 0.490 e. The Kier molecular flexibility index (Phi) is 4.93. The highest BCUT2D eigenvalue weighted by Crippen LogP contribution is 2.45. The average molecular weight is 351 g/mol. The predicted octanol–water partition coefficient (Wildman–Crippen LogP) is 4.16. The number of nitrogens with zero attached hydrogens (tertiary/aromatic N) is 1. The number of fused-ring (bicyclic) bond motifs is 3. The lowest BCUT2D eigenvalue weighted by Gasteiger charge is -2.26. The van der Waals surface area contributed by atoms with Crippen molar-refractivity contribution in [3.63, 3.8) is 0 Å². The van der Waals surface area contributed by atoms with Crippen molar-refractivity contribution < 1.29 is 14.3 Å². The summed E-state index contributed by atoms with van der Waals surface area (Å²) in [7, 11) is 0. The van der Waals surface area contributed by atoms with Crippen molar-refractivity contribution in [3.8, 4) is 22.6 Å². The van der Waals surface area contributed by atoms with Gasteiger partial charge in [-0.1, -0.05) is 30.7 Å². The highest BCUT2D eigenvalue weighted by molar-refractivity contribution is 6.23. The number of piperidine rings is 1. The Hall–Kier alpha value is -2.33. The maximum absolute atomic E-state index is 13.0. The number of rotatable bonds is 6. The maximum atomic E-state index is 13.0. The number of hydrogen-bond donors (Lipinski definition) is 0. The molecule has 0 radical (unpaired) electrons. The molecule has 1 aliphatic carbocycles. The number of likely N-dealkylation sites (tertiary alicyclic amines) is 1. The zero-order valence-corrected chi connectivity index (χ0v) is 15.3. The van der Waals surface area contributed by atoms with Crippen LogP contribution < -0.4 is 9.47 Å². The van der Waals surface area contributed by atoms with E-state index in [4.69, 9.17) is 9.47 Å². The van der Waals surface area contributed by atoms with Gasteiger partial charge < -0.3 is 9.47 Å². The van der Waals surface area contributed by atoms with Crippen molar-refractivity contribution in [2.45, 2.75) is 26.2 Å². The standard InChI is InChI=1S/C22H25NO3/c1-2-25-19-11-10-17-16-8-4-5-9-18(16)21(24)20(17)22(19)26-15-14-23-12-6-3-7-13-23/h4-5,8-11H,2-3,6-7,12-15H2,1H3. The van der Waals surface area contributed by atoms with Gasteiger partial charge in [0.1, 0.15) is 6.61 Å². The van der Waals surface area contributed by atoms with E-state index in [1.807, 2.05) is 43.3 Å². The highest BCUT2D eigenvalue weighted by Gasteiger charge is 2.31. The van der Waals surface area contributed by atoms with Crippen molar-refractivity contribution in [3.05, 3.63) is 47.5 Å². The normalized spacial score (nSPS) is 16.3. The Morgan fingerprint density at radius 3 is 2.46 bits per heavy atom. The van der Waals surface area contributed by atoms with Gasteiger partial charge in [-0.15, -0.1) is 0 Å². The van der Waals surface area contributed by atoms with E-state index in [2.05, 4.69) is 4.90 Å². The Morgan fingerprint density at radius 2 is 1.69 bits per heavy atom. The molecular weight excluding hydrogens is 326 g/mol. The van der Waals surface area contributed by atoms with Gasteiger partial charge in [0.2, 0.25) is 0 Å². The third-order valence-electron chi connectivity index (χ3n) is 5.21. The second kappa shape index (κ2) is 7.50. The number of benzene rings is 2.